The summed E-state index contributed by atoms with van der Waals surface area (Å²) in [5.74, 6) is -0.421. The van der Waals surface area contributed by atoms with E-state index in [-0.39, 0.29) is 23.0 Å². The molecule has 0 atom stereocenters. The SMILES string of the molecule is Cc1ccc(F)c(-c2onc(N)c2-c2ccc(F)cc2)c1. The van der Waals surface area contributed by atoms with E-state index in [2.05, 4.69) is 5.16 Å². The van der Waals surface area contributed by atoms with Gasteiger partial charge in [-0.1, -0.05) is 28.9 Å². The van der Waals surface area contributed by atoms with Crippen molar-refractivity contribution in [2.75, 3.05) is 5.73 Å². The Morgan fingerprint density at radius 1 is 1.05 bits per heavy atom. The molecule has 0 bridgehead atoms. The van der Waals surface area contributed by atoms with Gasteiger partial charge in [0, 0.05) is 0 Å². The van der Waals surface area contributed by atoms with Crippen molar-refractivity contribution in [3.63, 3.8) is 0 Å². The molecule has 2 aromatic carbocycles. The zero-order valence-electron chi connectivity index (χ0n) is 11.2. The van der Waals surface area contributed by atoms with E-state index < -0.39 is 5.82 Å². The molecule has 0 saturated carbocycles. The highest BCUT2D eigenvalue weighted by Crippen LogP contribution is 2.37. The standard InChI is InChI=1S/C16H12F2N2O/c1-9-2-7-13(18)12(8-9)15-14(16(19)20-21-15)10-3-5-11(17)6-4-10/h2-8H,1H3,(H2,19,20). The van der Waals surface area contributed by atoms with Gasteiger partial charge in [-0.05, 0) is 36.8 Å². The molecule has 1 heterocycles. The Labute approximate surface area is 120 Å². The summed E-state index contributed by atoms with van der Waals surface area (Å²) in [5, 5.41) is 3.70. The molecule has 0 aliphatic carbocycles. The van der Waals surface area contributed by atoms with Crippen LogP contribution in [-0.4, -0.2) is 5.16 Å². The number of hydrogen-bond acceptors (Lipinski definition) is 3. The number of aryl methyl sites for hydroxylation is 1. The van der Waals surface area contributed by atoms with Crippen LogP contribution in [0.2, 0.25) is 0 Å². The molecule has 2 N–H and O–H groups in total. The van der Waals surface area contributed by atoms with Crippen LogP contribution in [0.1, 0.15) is 5.56 Å². The summed E-state index contributed by atoms with van der Waals surface area (Å²) in [6, 6.07) is 10.4. The summed E-state index contributed by atoms with van der Waals surface area (Å²) in [7, 11) is 0. The second-order valence-corrected chi connectivity index (χ2v) is 4.76. The smallest absolute Gasteiger partial charge is 0.179 e. The lowest BCUT2D eigenvalue weighted by Crippen LogP contribution is -1.91. The lowest BCUT2D eigenvalue weighted by Gasteiger charge is -2.05. The molecule has 3 aromatic rings. The fourth-order valence-corrected chi connectivity index (χ4v) is 2.19. The number of halogens is 2. The third-order valence-electron chi connectivity index (χ3n) is 3.22. The van der Waals surface area contributed by atoms with Gasteiger partial charge in [0.1, 0.15) is 11.6 Å². The monoisotopic (exact) mass is 286 g/mol. The highest BCUT2D eigenvalue weighted by molar-refractivity contribution is 5.86. The summed E-state index contributed by atoms with van der Waals surface area (Å²) in [5.41, 5.74) is 8.05. The molecule has 21 heavy (non-hydrogen) atoms. The fourth-order valence-electron chi connectivity index (χ4n) is 2.19. The number of anilines is 1. The highest BCUT2D eigenvalue weighted by atomic mass is 19.1. The molecule has 0 radical (unpaired) electrons. The maximum absolute atomic E-state index is 14.0. The average Bonchev–Trinajstić information content (AvgIpc) is 2.84. The van der Waals surface area contributed by atoms with Gasteiger partial charge in [-0.15, -0.1) is 0 Å². The van der Waals surface area contributed by atoms with Crippen molar-refractivity contribution in [3.05, 3.63) is 59.7 Å². The van der Waals surface area contributed by atoms with Crippen LogP contribution in [0.3, 0.4) is 0 Å². The van der Waals surface area contributed by atoms with Gasteiger partial charge in [0.25, 0.3) is 0 Å². The van der Waals surface area contributed by atoms with E-state index >= 15 is 0 Å². The molecular formula is C16H12F2N2O. The molecule has 0 aliphatic rings. The van der Waals surface area contributed by atoms with E-state index in [1.165, 1.54) is 18.2 Å². The molecule has 1 aromatic heterocycles. The fraction of sp³-hybridized carbons (Fsp3) is 0.0625. The molecule has 0 fully saturated rings. The maximum Gasteiger partial charge on any atom is 0.179 e. The van der Waals surface area contributed by atoms with Gasteiger partial charge in [-0.3, -0.25) is 0 Å². The van der Waals surface area contributed by atoms with Gasteiger partial charge < -0.3 is 10.3 Å². The minimum atomic E-state index is -0.430. The molecule has 0 aliphatic heterocycles. The molecule has 3 nitrogen and oxygen atoms in total. The first-order chi connectivity index (χ1) is 10.1. The van der Waals surface area contributed by atoms with E-state index in [4.69, 9.17) is 10.3 Å². The molecule has 0 saturated heterocycles. The van der Waals surface area contributed by atoms with Crippen LogP contribution in [0.15, 0.2) is 47.0 Å². The number of rotatable bonds is 2. The number of nitrogen functional groups attached to an aromatic ring is 1. The zero-order valence-corrected chi connectivity index (χ0v) is 11.2. The first-order valence-electron chi connectivity index (χ1n) is 6.34. The second-order valence-electron chi connectivity index (χ2n) is 4.76. The summed E-state index contributed by atoms with van der Waals surface area (Å²) in [4.78, 5) is 0. The number of benzene rings is 2. The van der Waals surface area contributed by atoms with Gasteiger partial charge in [-0.25, -0.2) is 8.78 Å². The van der Waals surface area contributed by atoms with Crippen molar-refractivity contribution in [3.8, 4) is 22.5 Å². The predicted molar refractivity (Wildman–Crippen MR) is 76.4 cm³/mol. The van der Waals surface area contributed by atoms with E-state index in [1.54, 1.807) is 24.3 Å². The summed E-state index contributed by atoms with van der Waals surface area (Å²) >= 11 is 0. The lowest BCUT2D eigenvalue weighted by atomic mass is 10.00. The predicted octanol–water partition coefficient (Wildman–Crippen LogP) is 4.18. The first kappa shape index (κ1) is 13.3. The van der Waals surface area contributed by atoms with Crippen LogP contribution in [0.5, 0.6) is 0 Å². The van der Waals surface area contributed by atoms with Gasteiger partial charge in [0.2, 0.25) is 0 Å². The third-order valence-corrected chi connectivity index (χ3v) is 3.22. The van der Waals surface area contributed by atoms with E-state index in [1.807, 2.05) is 6.92 Å². The molecule has 5 heteroatoms. The van der Waals surface area contributed by atoms with Crippen LogP contribution >= 0.6 is 0 Å². The molecule has 0 spiro atoms. The molecular weight excluding hydrogens is 274 g/mol. The van der Waals surface area contributed by atoms with Gasteiger partial charge in [0.05, 0.1) is 11.1 Å². The number of nitrogens with two attached hydrogens (primary N) is 1. The zero-order chi connectivity index (χ0) is 15.0. The minimum absolute atomic E-state index is 0.137. The van der Waals surface area contributed by atoms with Crippen molar-refractivity contribution in [2.45, 2.75) is 6.92 Å². The van der Waals surface area contributed by atoms with Gasteiger partial charge in [0.15, 0.2) is 11.6 Å². The molecule has 3 rings (SSSR count). The third kappa shape index (κ3) is 2.38. The summed E-state index contributed by atoms with van der Waals surface area (Å²) < 4.78 is 32.3. The average molecular weight is 286 g/mol. The van der Waals surface area contributed by atoms with Crippen LogP contribution in [0.25, 0.3) is 22.5 Å². The molecule has 106 valence electrons. The van der Waals surface area contributed by atoms with Gasteiger partial charge in [-0.2, -0.15) is 0 Å². The topological polar surface area (TPSA) is 52.0 Å². The highest BCUT2D eigenvalue weighted by Gasteiger charge is 2.20. The van der Waals surface area contributed by atoms with Crippen LogP contribution in [0, 0.1) is 18.6 Å². The van der Waals surface area contributed by atoms with Crippen molar-refractivity contribution < 1.29 is 13.3 Å². The maximum atomic E-state index is 14.0. The Kier molecular flexibility index (Phi) is 3.17. The quantitative estimate of drug-likeness (QED) is 0.769. The van der Waals surface area contributed by atoms with Crippen molar-refractivity contribution >= 4 is 5.82 Å². The molecule has 0 unspecified atom stereocenters. The van der Waals surface area contributed by atoms with Crippen LogP contribution in [-0.2, 0) is 0 Å². The van der Waals surface area contributed by atoms with Crippen molar-refractivity contribution in [1.82, 2.24) is 5.16 Å². The van der Waals surface area contributed by atoms with Crippen LogP contribution < -0.4 is 5.73 Å². The second kappa shape index (κ2) is 5.01. The Balaban J connectivity index is 2.21. The Morgan fingerprint density at radius 2 is 1.76 bits per heavy atom. The van der Waals surface area contributed by atoms with Gasteiger partial charge >= 0.3 is 0 Å². The normalized spacial score (nSPS) is 10.8. The first-order valence-corrected chi connectivity index (χ1v) is 6.34. The van der Waals surface area contributed by atoms with E-state index in [0.717, 1.165) is 5.56 Å². The number of hydrogen-bond donors (Lipinski definition) is 1. The number of nitrogens with zero attached hydrogens (tertiary/aromatic N) is 1. The molecule has 0 amide bonds. The Morgan fingerprint density at radius 3 is 2.48 bits per heavy atom. The van der Waals surface area contributed by atoms with Crippen molar-refractivity contribution in [2.24, 2.45) is 0 Å². The lowest BCUT2D eigenvalue weighted by molar-refractivity contribution is 0.433. The minimum Gasteiger partial charge on any atom is -0.380 e. The van der Waals surface area contributed by atoms with E-state index in [0.29, 0.717) is 11.1 Å². The summed E-state index contributed by atoms with van der Waals surface area (Å²) in [6.45, 7) is 1.85. The van der Waals surface area contributed by atoms with Crippen LogP contribution in [0.4, 0.5) is 14.6 Å². The van der Waals surface area contributed by atoms with E-state index in [9.17, 15) is 8.78 Å². The summed E-state index contributed by atoms with van der Waals surface area (Å²) in [6.07, 6.45) is 0. The van der Waals surface area contributed by atoms with Crippen molar-refractivity contribution in [1.29, 1.82) is 0 Å². The Bertz CT molecular complexity index is 795. The number of aromatic nitrogens is 1. The largest absolute Gasteiger partial charge is 0.380 e. The Hall–Kier alpha value is -2.69.